The van der Waals surface area contributed by atoms with Gasteiger partial charge in [0.1, 0.15) is 11.4 Å². The molecular formula is C45H40N4O. The number of aryl methyl sites for hydroxylation is 1. The number of imidazole rings is 1. The number of nitrogens with zero attached hydrogens (tertiary/aromatic N) is 4. The highest BCUT2D eigenvalue weighted by Crippen LogP contribution is 2.42. The Morgan fingerprint density at radius 3 is 2.06 bits per heavy atom. The second kappa shape index (κ2) is 12.8. The Morgan fingerprint density at radius 2 is 1.30 bits per heavy atom. The van der Waals surface area contributed by atoms with Crippen molar-refractivity contribution in [2.75, 3.05) is 4.90 Å². The molecule has 0 amide bonds. The van der Waals surface area contributed by atoms with E-state index in [-0.39, 0.29) is 0 Å². The monoisotopic (exact) mass is 652 g/mol. The molecule has 0 radical (unpaired) electrons. The fourth-order valence-electron chi connectivity index (χ4n) is 7.19. The molecule has 0 aliphatic rings. The summed E-state index contributed by atoms with van der Waals surface area (Å²) in [6, 6.07) is 44.8. The molecule has 3 heterocycles. The number of aromatic nitrogens is 3. The summed E-state index contributed by atoms with van der Waals surface area (Å²) in [5, 5.41) is 3.46. The molecule has 8 aromatic rings. The molecule has 0 spiro atoms. The van der Waals surface area contributed by atoms with Gasteiger partial charge in [0.15, 0.2) is 0 Å². The zero-order valence-corrected chi connectivity index (χ0v) is 29.1. The van der Waals surface area contributed by atoms with Crippen LogP contribution in [0.1, 0.15) is 56.2 Å². The molecule has 0 aliphatic heterocycles. The molecular weight excluding hydrogens is 613 g/mol. The summed E-state index contributed by atoms with van der Waals surface area (Å²) in [7, 11) is 0. The molecule has 5 aromatic carbocycles. The normalized spacial score (nSPS) is 11.7. The molecule has 0 saturated heterocycles. The van der Waals surface area contributed by atoms with Crippen molar-refractivity contribution < 1.29 is 4.74 Å². The van der Waals surface area contributed by atoms with Crippen LogP contribution in [0, 0.1) is 6.92 Å². The predicted molar refractivity (Wildman–Crippen MR) is 208 cm³/mol. The van der Waals surface area contributed by atoms with Gasteiger partial charge in [0, 0.05) is 51.7 Å². The van der Waals surface area contributed by atoms with Crippen molar-refractivity contribution in [2.45, 2.75) is 46.5 Å². The minimum Gasteiger partial charge on any atom is -0.439 e. The average Bonchev–Trinajstić information content (AvgIpc) is 3.58. The van der Waals surface area contributed by atoms with Gasteiger partial charge in [-0.3, -0.25) is 4.40 Å². The molecule has 0 saturated carbocycles. The SMILES string of the molecule is Cc1ccnc(Oc2cccc(N(c3ccccc3)c3ccc4c5ccccc5n5c(-c6c(C(C)C)cccc6C(C)C)cnc5c4c3)c2)c1. The number of rotatable bonds is 8. The minimum absolute atomic E-state index is 0.369. The average molecular weight is 653 g/mol. The van der Waals surface area contributed by atoms with Crippen LogP contribution in [0.4, 0.5) is 17.1 Å². The molecule has 5 nitrogen and oxygen atoms in total. The van der Waals surface area contributed by atoms with Crippen molar-refractivity contribution in [1.29, 1.82) is 0 Å². The maximum absolute atomic E-state index is 6.24. The summed E-state index contributed by atoms with van der Waals surface area (Å²) >= 11 is 0. The van der Waals surface area contributed by atoms with E-state index < -0.39 is 0 Å². The molecule has 0 atom stereocenters. The van der Waals surface area contributed by atoms with Gasteiger partial charge < -0.3 is 9.64 Å². The van der Waals surface area contributed by atoms with Crippen molar-refractivity contribution >= 4 is 44.4 Å². The van der Waals surface area contributed by atoms with Crippen LogP contribution < -0.4 is 9.64 Å². The van der Waals surface area contributed by atoms with Crippen LogP contribution >= 0.6 is 0 Å². The first-order chi connectivity index (χ1) is 24.4. The molecule has 0 fully saturated rings. The molecule has 8 rings (SSSR count). The highest BCUT2D eigenvalue weighted by Gasteiger charge is 2.22. The van der Waals surface area contributed by atoms with Crippen LogP contribution in [0.3, 0.4) is 0 Å². The summed E-state index contributed by atoms with van der Waals surface area (Å²) in [5.41, 5.74) is 11.4. The molecule has 50 heavy (non-hydrogen) atoms. The molecule has 0 aliphatic carbocycles. The Hall–Kier alpha value is -5.94. The third-order valence-corrected chi connectivity index (χ3v) is 9.53. The second-order valence-electron chi connectivity index (χ2n) is 13.6. The lowest BCUT2D eigenvalue weighted by atomic mass is 9.87. The van der Waals surface area contributed by atoms with E-state index in [4.69, 9.17) is 9.72 Å². The van der Waals surface area contributed by atoms with E-state index in [0.717, 1.165) is 50.6 Å². The van der Waals surface area contributed by atoms with Crippen LogP contribution in [-0.2, 0) is 0 Å². The lowest BCUT2D eigenvalue weighted by molar-refractivity contribution is 0.462. The number of ether oxygens (including phenoxy) is 1. The maximum Gasteiger partial charge on any atom is 0.219 e. The summed E-state index contributed by atoms with van der Waals surface area (Å²) in [4.78, 5) is 11.9. The summed E-state index contributed by atoms with van der Waals surface area (Å²) in [5.74, 6) is 2.03. The van der Waals surface area contributed by atoms with E-state index in [1.807, 2.05) is 37.3 Å². The smallest absolute Gasteiger partial charge is 0.219 e. The quantitative estimate of drug-likeness (QED) is 0.153. The molecule has 0 N–H and O–H groups in total. The van der Waals surface area contributed by atoms with Crippen molar-refractivity contribution in [3.8, 4) is 22.9 Å². The molecule has 0 unspecified atom stereocenters. The Kier molecular flexibility index (Phi) is 8.04. The zero-order valence-electron chi connectivity index (χ0n) is 29.1. The van der Waals surface area contributed by atoms with Crippen LogP contribution in [0.2, 0.25) is 0 Å². The lowest BCUT2D eigenvalue weighted by Gasteiger charge is -2.26. The van der Waals surface area contributed by atoms with Gasteiger partial charge in [0.25, 0.3) is 0 Å². The second-order valence-corrected chi connectivity index (χ2v) is 13.6. The first-order valence-electron chi connectivity index (χ1n) is 17.4. The number of pyridine rings is 2. The maximum atomic E-state index is 6.24. The van der Waals surface area contributed by atoms with Crippen molar-refractivity contribution in [2.24, 2.45) is 0 Å². The first kappa shape index (κ1) is 31.3. The van der Waals surface area contributed by atoms with Gasteiger partial charge in [0.05, 0.1) is 17.4 Å². The van der Waals surface area contributed by atoms with E-state index >= 15 is 0 Å². The molecule has 0 bridgehead atoms. The third kappa shape index (κ3) is 5.55. The fraction of sp³-hybridized carbons (Fsp3) is 0.156. The topological polar surface area (TPSA) is 42.7 Å². The van der Waals surface area contributed by atoms with Crippen LogP contribution in [0.5, 0.6) is 11.6 Å². The lowest BCUT2D eigenvalue weighted by Crippen LogP contribution is -2.10. The largest absolute Gasteiger partial charge is 0.439 e. The molecule has 3 aromatic heterocycles. The van der Waals surface area contributed by atoms with Gasteiger partial charge in [-0.15, -0.1) is 0 Å². The van der Waals surface area contributed by atoms with Crippen molar-refractivity contribution in [3.63, 3.8) is 0 Å². The van der Waals surface area contributed by atoms with Crippen LogP contribution in [0.15, 0.2) is 140 Å². The summed E-state index contributed by atoms with van der Waals surface area (Å²) in [6.45, 7) is 11.2. The number of hydrogen-bond donors (Lipinski definition) is 0. The Morgan fingerprint density at radius 1 is 0.600 bits per heavy atom. The van der Waals surface area contributed by atoms with Gasteiger partial charge in [-0.1, -0.05) is 94.4 Å². The van der Waals surface area contributed by atoms with E-state index in [2.05, 4.69) is 145 Å². The number of anilines is 3. The van der Waals surface area contributed by atoms with Gasteiger partial charge in [-0.25, -0.2) is 9.97 Å². The highest BCUT2D eigenvalue weighted by molar-refractivity contribution is 6.13. The Labute approximate surface area is 293 Å². The number of para-hydroxylation sites is 2. The zero-order chi connectivity index (χ0) is 34.4. The van der Waals surface area contributed by atoms with E-state index in [9.17, 15) is 0 Å². The standard InChI is InChI=1S/C45H40N4O/c1-29(2)36-18-12-19-37(30(3)4)44(36)42-28-47-45-40-27-34(21-22-38(40)39-17-9-10-20-41(39)49(42)45)48(32-13-7-6-8-14-32)33-15-11-16-35(26-33)50-43-25-31(5)23-24-46-43/h6-30H,1-5H3. The molecule has 246 valence electrons. The first-order valence-corrected chi connectivity index (χ1v) is 17.4. The van der Waals surface area contributed by atoms with Crippen molar-refractivity contribution in [1.82, 2.24) is 14.4 Å². The van der Waals surface area contributed by atoms with Gasteiger partial charge in [0.2, 0.25) is 5.88 Å². The predicted octanol–water partition coefficient (Wildman–Crippen LogP) is 12.5. The number of hydrogen-bond acceptors (Lipinski definition) is 4. The summed E-state index contributed by atoms with van der Waals surface area (Å²) in [6.07, 6.45) is 3.85. The third-order valence-electron chi connectivity index (χ3n) is 9.53. The van der Waals surface area contributed by atoms with Gasteiger partial charge in [-0.2, -0.15) is 0 Å². The van der Waals surface area contributed by atoms with E-state index in [0.29, 0.717) is 17.7 Å². The van der Waals surface area contributed by atoms with Crippen LogP contribution in [-0.4, -0.2) is 14.4 Å². The van der Waals surface area contributed by atoms with E-state index in [1.54, 1.807) is 6.20 Å². The minimum atomic E-state index is 0.369. The number of fused-ring (bicyclic) bond motifs is 6. The number of benzene rings is 5. The van der Waals surface area contributed by atoms with E-state index in [1.165, 1.54) is 27.5 Å². The fourth-order valence-corrected chi connectivity index (χ4v) is 7.19. The Balaban J connectivity index is 1.36. The molecule has 5 heteroatoms. The van der Waals surface area contributed by atoms with Crippen LogP contribution in [0.25, 0.3) is 38.6 Å². The van der Waals surface area contributed by atoms with Gasteiger partial charge >= 0.3 is 0 Å². The summed E-state index contributed by atoms with van der Waals surface area (Å²) < 4.78 is 8.62. The van der Waals surface area contributed by atoms with Crippen molar-refractivity contribution in [3.05, 3.63) is 156 Å². The van der Waals surface area contributed by atoms with Gasteiger partial charge in [-0.05, 0) is 89.4 Å². The Bertz CT molecular complexity index is 2470. The highest BCUT2D eigenvalue weighted by atomic mass is 16.5.